The number of nitrogens with zero attached hydrogens (tertiary/aromatic N) is 2. The van der Waals surface area contributed by atoms with Crippen LogP contribution >= 0.6 is 0 Å². The number of rotatable bonds is 7. The number of anilines is 2. The summed E-state index contributed by atoms with van der Waals surface area (Å²) in [4.78, 5) is 8.56. The van der Waals surface area contributed by atoms with Gasteiger partial charge >= 0.3 is 0 Å². The van der Waals surface area contributed by atoms with Crippen molar-refractivity contribution in [3.05, 3.63) is 35.2 Å². The van der Waals surface area contributed by atoms with Crippen LogP contribution in [0.5, 0.6) is 11.6 Å². The van der Waals surface area contributed by atoms with Gasteiger partial charge in [0.15, 0.2) is 5.82 Å². The van der Waals surface area contributed by atoms with Gasteiger partial charge in [-0.15, -0.1) is 0 Å². The molecule has 0 saturated heterocycles. The molecule has 0 aliphatic carbocycles. The number of pyridine rings is 2. The van der Waals surface area contributed by atoms with Gasteiger partial charge in [0.2, 0.25) is 5.88 Å². The predicted molar refractivity (Wildman–Crippen MR) is 95.8 cm³/mol. The molecule has 2 aromatic heterocycles. The standard InChI is InChI=1S/C16H22N4O3S/c1-10-7-18-13(11(2)15(10)23-4)8-24(21)9-19-16-12(17)5-6-14(20-16)22-3/h5-7H,8-9,17H2,1-4H3,(H,19,20). The number of hydrogen-bond donors (Lipinski definition) is 2. The van der Waals surface area contributed by atoms with Crippen molar-refractivity contribution in [2.45, 2.75) is 19.6 Å². The predicted octanol–water partition coefficient (Wildman–Crippen LogP) is 2.01. The van der Waals surface area contributed by atoms with E-state index in [2.05, 4.69) is 15.3 Å². The molecule has 0 aliphatic rings. The lowest BCUT2D eigenvalue weighted by Crippen LogP contribution is -2.14. The first-order valence-corrected chi connectivity index (χ1v) is 8.83. The average molecular weight is 350 g/mol. The SMILES string of the molecule is COc1ccc(N)c(NCS(=O)Cc2ncc(C)c(OC)c2C)n1. The second-order valence-corrected chi connectivity index (χ2v) is 6.70. The Morgan fingerprint density at radius 2 is 2.00 bits per heavy atom. The molecule has 0 aliphatic heterocycles. The maximum atomic E-state index is 12.4. The Bertz CT molecular complexity index is 752. The van der Waals surface area contributed by atoms with Crippen molar-refractivity contribution in [2.75, 3.05) is 31.1 Å². The summed E-state index contributed by atoms with van der Waals surface area (Å²) in [6.45, 7) is 3.85. The van der Waals surface area contributed by atoms with Gasteiger partial charge < -0.3 is 20.5 Å². The summed E-state index contributed by atoms with van der Waals surface area (Å²) in [7, 11) is 1.97. The van der Waals surface area contributed by atoms with Crippen LogP contribution in [-0.4, -0.2) is 34.3 Å². The van der Waals surface area contributed by atoms with Gasteiger partial charge in [0, 0.05) is 34.2 Å². The Hall–Kier alpha value is -2.35. The lowest BCUT2D eigenvalue weighted by molar-refractivity contribution is 0.398. The highest BCUT2D eigenvalue weighted by Gasteiger charge is 2.13. The molecular formula is C16H22N4O3S. The van der Waals surface area contributed by atoms with Crippen LogP contribution in [0.15, 0.2) is 18.3 Å². The van der Waals surface area contributed by atoms with E-state index >= 15 is 0 Å². The number of nitrogens with one attached hydrogen (secondary N) is 1. The molecule has 0 fully saturated rings. The number of nitrogens with two attached hydrogens (primary N) is 1. The van der Waals surface area contributed by atoms with Crippen molar-refractivity contribution in [3.8, 4) is 11.6 Å². The van der Waals surface area contributed by atoms with E-state index < -0.39 is 10.8 Å². The third kappa shape index (κ3) is 4.14. The van der Waals surface area contributed by atoms with Crippen LogP contribution < -0.4 is 20.5 Å². The van der Waals surface area contributed by atoms with E-state index in [0.29, 0.717) is 23.1 Å². The minimum absolute atomic E-state index is 0.210. The van der Waals surface area contributed by atoms with Crippen molar-refractivity contribution in [3.63, 3.8) is 0 Å². The summed E-state index contributed by atoms with van der Waals surface area (Å²) in [5.41, 5.74) is 8.94. The first kappa shape index (κ1) is 18.0. The number of aryl methyl sites for hydroxylation is 1. The number of aromatic nitrogens is 2. The van der Waals surface area contributed by atoms with Gasteiger partial charge in [-0.1, -0.05) is 0 Å². The molecule has 0 bridgehead atoms. The van der Waals surface area contributed by atoms with E-state index in [-0.39, 0.29) is 5.88 Å². The van der Waals surface area contributed by atoms with E-state index in [1.54, 1.807) is 25.4 Å². The van der Waals surface area contributed by atoms with Gasteiger partial charge in [-0.2, -0.15) is 4.98 Å². The first-order valence-electron chi connectivity index (χ1n) is 7.34. The van der Waals surface area contributed by atoms with Crippen molar-refractivity contribution in [1.82, 2.24) is 9.97 Å². The maximum absolute atomic E-state index is 12.4. The molecule has 3 N–H and O–H groups in total. The zero-order valence-corrected chi connectivity index (χ0v) is 15.1. The summed E-state index contributed by atoms with van der Waals surface area (Å²) < 4.78 is 22.8. The average Bonchev–Trinajstić information content (AvgIpc) is 2.57. The van der Waals surface area contributed by atoms with Gasteiger partial charge in [0.05, 0.1) is 37.2 Å². The zero-order valence-electron chi connectivity index (χ0n) is 14.3. The molecule has 1 atom stereocenters. The minimum atomic E-state index is -1.18. The van der Waals surface area contributed by atoms with E-state index in [0.717, 1.165) is 22.6 Å². The van der Waals surface area contributed by atoms with Crippen LogP contribution in [-0.2, 0) is 16.6 Å². The van der Waals surface area contributed by atoms with E-state index in [1.807, 2.05) is 13.8 Å². The molecule has 24 heavy (non-hydrogen) atoms. The van der Waals surface area contributed by atoms with Crippen molar-refractivity contribution >= 4 is 22.3 Å². The molecule has 0 spiro atoms. The van der Waals surface area contributed by atoms with Crippen LogP contribution in [0.2, 0.25) is 0 Å². The molecule has 0 aromatic carbocycles. The monoisotopic (exact) mass is 350 g/mol. The Kier molecular flexibility index (Phi) is 5.97. The molecule has 7 nitrogen and oxygen atoms in total. The molecule has 130 valence electrons. The Morgan fingerprint density at radius 1 is 1.25 bits per heavy atom. The number of methoxy groups -OCH3 is 2. The Labute approximate surface area is 144 Å². The van der Waals surface area contributed by atoms with Gasteiger partial charge in [-0.05, 0) is 19.9 Å². The summed E-state index contributed by atoms with van der Waals surface area (Å²) in [5, 5.41) is 2.99. The highest BCUT2D eigenvalue weighted by Crippen LogP contribution is 2.25. The number of nitrogen functional groups attached to an aromatic ring is 1. The van der Waals surface area contributed by atoms with Crippen molar-refractivity contribution in [1.29, 1.82) is 0 Å². The second-order valence-electron chi connectivity index (χ2n) is 5.24. The summed E-state index contributed by atoms with van der Waals surface area (Å²) >= 11 is 0. The maximum Gasteiger partial charge on any atom is 0.215 e. The lowest BCUT2D eigenvalue weighted by Gasteiger charge is -2.13. The van der Waals surface area contributed by atoms with E-state index in [1.165, 1.54) is 7.11 Å². The van der Waals surface area contributed by atoms with Crippen LogP contribution in [0.25, 0.3) is 0 Å². The topological polar surface area (TPSA) is 99.4 Å². The fraction of sp³-hybridized carbons (Fsp3) is 0.375. The van der Waals surface area contributed by atoms with Crippen molar-refractivity contribution < 1.29 is 13.7 Å². The normalized spacial score (nSPS) is 11.8. The van der Waals surface area contributed by atoms with Crippen LogP contribution in [0, 0.1) is 13.8 Å². The molecule has 0 radical (unpaired) electrons. The minimum Gasteiger partial charge on any atom is -0.496 e. The summed E-state index contributed by atoms with van der Waals surface area (Å²) in [6, 6.07) is 3.36. The quantitative estimate of drug-likeness (QED) is 0.788. The summed E-state index contributed by atoms with van der Waals surface area (Å²) in [6.07, 6.45) is 1.73. The van der Waals surface area contributed by atoms with E-state index in [4.69, 9.17) is 15.2 Å². The smallest absolute Gasteiger partial charge is 0.215 e. The molecule has 2 aromatic rings. The highest BCUT2D eigenvalue weighted by atomic mass is 32.2. The molecule has 8 heteroatoms. The zero-order chi connectivity index (χ0) is 17.7. The lowest BCUT2D eigenvalue weighted by atomic mass is 10.1. The molecule has 0 amide bonds. The number of hydrogen-bond acceptors (Lipinski definition) is 7. The van der Waals surface area contributed by atoms with Crippen LogP contribution in [0.4, 0.5) is 11.5 Å². The van der Waals surface area contributed by atoms with Gasteiger partial charge in [0.25, 0.3) is 0 Å². The third-order valence-electron chi connectivity index (χ3n) is 3.56. The Balaban J connectivity index is 2.04. The number of ether oxygens (including phenoxy) is 2. The van der Waals surface area contributed by atoms with Crippen LogP contribution in [0.3, 0.4) is 0 Å². The van der Waals surface area contributed by atoms with Gasteiger partial charge in [-0.25, -0.2) is 0 Å². The Morgan fingerprint density at radius 3 is 2.67 bits per heavy atom. The summed E-state index contributed by atoms with van der Waals surface area (Å²) in [5.74, 6) is 2.21. The van der Waals surface area contributed by atoms with Gasteiger partial charge in [-0.3, -0.25) is 9.19 Å². The largest absolute Gasteiger partial charge is 0.496 e. The second kappa shape index (κ2) is 7.96. The molecule has 1 unspecified atom stereocenters. The first-order chi connectivity index (χ1) is 11.5. The highest BCUT2D eigenvalue weighted by molar-refractivity contribution is 7.84. The molecule has 2 heterocycles. The molecule has 2 rings (SSSR count). The van der Waals surface area contributed by atoms with Gasteiger partial charge in [0.1, 0.15) is 5.75 Å². The molecule has 0 saturated carbocycles. The third-order valence-corrected chi connectivity index (χ3v) is 4.62. The fourth-order valence-corrected chi connectivity index (χ4v) is 3.27. The van der Waals surface area contributed by atoms with Crippen molar-refractivity contribution in [2.24, 2.45) is 0 Å². The van der Waals surface area contributed by atoms with Crippen LogP contribution in [0.1, 0.15) is 16.8 Å². The fourth-order valence-electron chi connectivity index (χ4n) is 2.28. The molecular weight excluding hydrogens is 328 g/mol. The van der Waals surface area contributed by atoms with E-state index in [9.17, 15) is 4.21 Å².